The molecule has 2 aromatic carbocycles. The number of aryl methyl sites for hydroxylation is 1. The Labute approximate surface area is 398 Å². The number of hydrogen-bond acceptors (Lipinski definition) is 15. The first kappa shape index (κ1) is 46.4. The standard InChI is InChI=1S/C25H27FN8O2.C25H28N6O2/c1-14-20(21(26)30-24(27)29-14)15-5-7-17(8-6-15)25(2,18-9-10-18)23-31-22(36-32-23)16-11-28-34(12-16)13-19(35)33(3)4;1-24(2,32)15-31-14-18(13-28-31)22-29-23(30-33-22)25(3,20-9-10-20)19-7-4-16(5-8-19)17-6-11-21(26)27-12-17/h5-8,11-12,18H,9-10,13H2,1-4H3,(H2,27,29,30);4-8,11-14,20,32H,9-10,15H2,1-3H3,(H2,26,27)/t2*25-/m00/s1. The Morgan fingerprint density at radius 1 is 0.710 bits per heavy atom. The largest absolute Gasteiger partial charge is 0.389 e. The number of carbonyl (C=O) groups excluding carboxylic acids is 1. The fourth-order valence-corrected chi connectivity index (χ4v) is 8.77. The van der Waals surface area contributed by atoms with Gasteiger partial charge in [0.15, 0.2) is 11.6 Å². The van der Waals surface area contributed by atoms with Crippen molar-refractivity contribution in [3.63, 3.8) is 0 Å². The highest BCUT2D eigenvalue weighted by Crippen LogP contribution is 2.52. The number of nitrogens with two attached hydrogens (primary N) is 2. The number of rotatable bonds is 14. The number of aliphatic hydroxyl groups is 1. The smallest absolute Gasteiger partial charge is 0.261 e. The summed E-state index contributed by atoms with van der Waals surface area (Å²) < 4.78 is 29.0. The van der Waals surface area contributed by atoms with E-state index < -0.39 is 17.0 Å². The molecule has 2 aliphatic rings. The number of likely N-dealkylation sites (N-methyl/N-ethyl adjacent to an activating group) is 1. The molecule has 356 valence electrons. The van der Waals surface area contributed by atoms with E-state index in [1.54, 1.807) is 69.0 Å². The number of halogens is 1. The number of aromatic nitrogens is 11. The van der Waals surface area contributed by atoms with E-state index in [9.17, 15) is 14.3 Å². The molecule has 0 radical (unpaired) electrons. The molecule has 0 unspecified atom stereocenters. The Kier molecular flexibility index (Phi) is 12.2. The van der Waals surface area contributed by atoms with Crippen LogP contribution in [-0.4, -0.2) is 90.4 Å². The molecule has 0 saturated heterocycles. The Morgan fingerprint density at radius 3 is 1.70 bits per heavy atom. The summed E-state index contributed by atoms with van der Waals surface area (Å²) >= 11 is 0. The van der Waals surface area contributed by atoms with Crippen LogP contribution in [0.4, 0.5) is 16.2 Å². The maximum Gasteiger partial charge on any atom is 0.261 e. The van der Waals surface area contributed by atoms with Gasteiger partial charge >= 0.3 is 0 Å². The number of pyridine rings is 1. The van der Waals surface area contributed by atoms with Crippen molar-refractivity contribution in [1.82, 2.24) is 59.7 Å². The molecular formula is C50H55FN14O4. The summed E-state index contributed by atoms with van der Waals surface area (Å²) in [4.78, 5) is 34.9. The fourth-order valence-electron chi connectivity index (χ4n) is 8.77. The molecule has 8 aromatic rings. The van der Waals surface area contributed by atoms with E-state index in [1.807, 2.05) is 42.6 Å². The lowest BCUT2D eigenvalue weighted by Crippen LogP contribution is -2.28. The quantitative estimate of drug-likeness (QED) is 0.0907. The summed E-state index contributed by atoms with van der Waals surface area (Å²) in [5.74, 6) is 2.55. The first-order valence-corrected chi connectivity index (χ1v) is 22.8. The molecule has 1 amide bonds. The molecule has 2 fully saturated rings. The summed E-state index contributed by atoms with van der Waals surface area (Å²) in [6, 6.07) is 19.9. The first-order valence-electron chi connectivity index (χ1n) is 22.8. The second-order valence-electron chi connectivity index (χ2n) is 19.2. The third kappa shape index (κ3) is 9.72. The zero-order valence-electron chi connectivity index (χ0n) is 39.6. The highest BCUT2D eigenvalue weighted by molar-refractivity contribution is 5.75. The van der Waals surface area contributed by atoms with Gasteiger partial charge in [-0.2, -0.15) is 29.5 Å². The Bertz CT molecular complexity index is 3070. The van der Waals surface area contributed by atoms with Crippen LogP contribution in [0.2, 0.25) is 0 Å². The predicted molar refractivity (Wildman–Crippen MR) is 255 cm³/mol. The third-order valence-electron chi connectivity index (χ3n) is 13.1. The Morgan fingerprint density at radius 2 is 1.22 bits per heavy atom. The minimum absolute atomic E-state index is 0.0683. The molecule has 19 heteroatoms. The highest BCUT2D eigenvalue weighted by Gasteiger charge is 2.48. The van der Waals surface area contributed by atoms with Crippen LogP contribution in [0.25, 0.3) is 45.2 Å². The van der Waals surface area contributed by atoms with Gasteiger partial charge in [0.1, 0.15) is 12.4 Å². The van der Waals surface area contributed by atoms with E-state index in [-0.39, 0.29) is 23.8 Å². The molecular weight excluding hydrogens is 880 g/mol. The molecule has 5 N–H and O–H groups in total. The molecule has 6 heterocycles. The molecule has 0 spiro atoms. The van der Waals surface area contributed by atoms with Gasteiger partial charge in [0, 0.05) is 38.2 Å². The van der Waals surface area contributed by atoms with E-state index in [0.29, 0.717) is 70.0 Å². The van der Waals surface area contributed by atoms with E-state index in [4.69, 9.17) is 30.5 Å². The van der Waals surface area contributed by atoms with Crippen LogP contribution in [0.15, 0.2) is 101 Å². The summed E-state index contributed by atoms with van der Waals surface area (Å²) in [5.41, 5.74) is 16.7. The maximum absolute atomic E-state index is 14.5. The molecule has 18 nitrogen and oxygen atoms in total. The average molecular weight is 935 g/mol. The molecule has 10 rings (SSSR count). The van der Waals surface area contributed by atoms with Crippen molar-refractivity contribution < 1.29 is 23.3 Å². The maximum atomic E-state index is 14.5. The van der Waals surface area contributed by atoms with Gasteiger partial charge in [-0.15, -0.1) is 0 Å². The Hall–Kier alpha value is -7.67. The molecule has 0 aliphatic heterocycles. The SMILES string of the molecule is CC(C)(O)Cn1cc(-c2nc([C@@](C)(c3ccc(-c4ccc(N)nc4)cc3)C3CC3)no2)cn1.Cc1nc(N)nc(F)c1-c1ccc([C@](C)(c2noc(-c3cnn(CC(=O)N(C)C)c3)n2)C2CC2)cc1. The van der Waals surface area contributed by atoms with E-state index in [0.717, 1.165) is 53.5 Å². The van der Waals surface area contributed by atoms with Crippen molar-refractivity contribution in [2.24, 2.45) is 11.8 Å². The minimum atomic E-state index is -0.859. The topological polar surface area (TPSA) is 245 Å². The lowest BCUT2D eigenvalue weighted by Gasteiger charge is -2.27. The normalized spacial score (nSPS) is 15.5. The van der Waals surface area contributed by atoms with Crippen LogP contribution in [-0.2, 0) is 28.7 Å². The number of nitrogens with zero attached hydrogens (tertiary/aromatic N) is 12. The zero-order valence-corrected chi connectivity index (χ0v) is 39.6. The van der Waals surface area contributed by atoms with E-state index >= 15 is 0 Å². The van der Waals surface area contributed by atoms with Crippen molar-refractivity contribution in [2.75, 3.05) is 25.6 Å². The van der Waals surface area contributed by atoms with Gasteiger partial charge in [-0.3, -0.25) is 14.2 Å². The summed E-state index contributed by atoms with van der Waals surface area (Å²) in [6.45, 7) is 9.99. The van der Waals surface area contributed by atoms with Gasteiger partial charge in [-0.25, -0.2) is 9.97 Å². The summed E-state index contributed by atoms with van der Waals surface area (Å²) in [6.07, 6.45) is 13.0. The van der Waals surface area contributed by atoms with Crippen molar-refractivity contribution in [1.29, 1.82) is 0 Å². The van der Waals surface area contributed by atoms with Crippen LogP contribution < -0.4 is 11.5 Å². The molecule has 0 bridgehead atoms. The minimum Gasteiger partial charge on any atom is -0.389 e. The Balaban J connectivity index is 0.000000172. The van der Waals surface area contributed by atoms with Gasteiger partial charge in [0.05, 0.1) is 57.8 Å². The third-order valence-corrected chi connectivity index (χ3v) is 13.1. The summed E-state index contributed by atoms with van der Waals surface area (Å²) in [7, 11) is 3.40. The number of nitrogen functional groups attached to an aromatic ring is 2. The second-order valence-corrected chi connectivity index (χ2v) is 19.2. The van der Waals surface area contributed by atoms with Crippen LogP contribution in [0.5, 0.6) is 0 Å². The van der Waals surface area contributed by atoms with Crippen molar-refractivity contribution in [3.8, 4) is 45.2 Å². The van der Waals surface area contributed by atoms with Crippen molar-refractivity contribution in [2.45, 2.75) is 89.8 Å². The monoisotopic (exact) mass is 934 g/mol. The highest BCUT2D eigenvalue weighted by atomic mass is 19.1. The molecule has 2 aliphatic carbocycles. The zero-order chi connectivity index (χ0) is 48.8. The molecule has 6 aromatic heterocycles. The lowest BCUT2D eigenvalue weighted by atomic mass is 9.76. The second kappa shape index (κ2) is 18.1. The van der Waals surface area contributed by atoms with Crippen LogP contribution in [0.1, 0.15) is 81.8 Å². The van der Waals surface area contributed by atoms with Crippen molar-refractivity contribution >= 4 is 17.7 Å². The van der Waals surface area contributed by atoms with Crippen molar-refractivity contribution in [3.05, 3.63) is 126 Å². The van der Waals surface area contributed by atoms with Gasteiger partial charge < -0.3 is 30.5 Å². The van der Waals surface area contributed by atoms with Crippen LogP contribution in [0.3, 0.4) is 0 Å². The number of benzene rings is 2. The van der Waals surface area contributed by atoms with Crippen LogP contribution >= 0.6 is 0 Å². The first-order chi connectivity index (χ1) is 32.9. The van der Waals surface area contributed by atoms with E-state index in [2.05, 4.69) is 73.6 Å². The molecule has 2 atom stereocenters. The number of carbonyl (C=O) groups is 1. The average Bonchev–Trinajstić information content (AvgIpc) is 4.10. The van der Waals surface area contributed by atoms with Gasteiger partial charge in [0.25, 0.3) is 11.8 Å². The molecule has 2 saturated carbocycles. The fraction of sp³-hybridized carbons (Fsp3) is 0.360. The lowest BCUT2D eigenvalue weighted by molar-refractivity contribution is -0.129. The van der Waals surface area contributed by atoms with E-state index in [1.165, 1.54) is 4.90 Å². The summed E-state index contributed by atoms with van der Waals surface area (Å²) in [5, 5.41) is 27.3. The predicted octanol–water partition coefficient (Wildman–Crippen LogP) is 7.29. The molecule has 69 heavy (non-hydrogen) atoms. The number of hydrogen-bond donors (Lipinski definition) is 3. The number of amides is 1. The van der Waals surface area contributed by atoms with Gasteiger partial charge in [0.2, 0.25) is 17.8 Å². The van der Waals surface area contributed by atoms with Gasteiger partial charge in [-0.1, -0.05) is 58.8 Å². The number of anilines is 2. The van der Waals surface area contributed by atoms with Gasteiger partial charge in [-0.05, 0) is 107 Å². The van der Waals surface area contributed by atoms with Crippen LogP contribution in [0, 0.1) is 24.7 Å².